The molecule has 1 amide bonds. The van der Waals surface area contributed by atoms with Gasteiger partial charge >= 0.3 is 0 Å². The third kappa shape index (κ3) is 5.08. The standard InChI is InChI=1S/C23H21N5O2/c1-16-25-23(28-27-16)19-7-3-8-20(13-19)26-22(29)12-17-5-2-9-21(11-17)30-15-18-6-4-10-24-14-18/h2-11,13-14H,12,15H2,1H3,(H,26,29)(H,25,27,28). The Morgan fingerprint density at radius 1 is 1.07 bits per heavy atom. The van der Waals surface area contributed by atoms with Crippen molar-refractivity contribution < 1.29 is 9.53 Å². The highest BCUT2D eigenvalue weighted by Gasteiger charge is 2.08. The van der Waals surface area contributed by atoms with Gasteiger partial charge in [0.1, 0.15) is 18.2 Å². The van der Waals surface area contributed by atoms with Crippen LogP contribution in [0.25, 0.3) is 11.4 Å². The van der Waals surface area contributed by atoms with Gasteiger partial charge in [0, 0.05) is 29.2 Å². The van der Waals surface area contributed by atoms with Crippen molar-refractivity contribution in [3.63, 3.8) is 0 Å². The summed E-state index contributed by atoms with van der Waals surface area (Å²) in [7, 11) is 0. The lowest BCUT2D eigenvalue weighted by Crippen LogP contribution is -2.14. The van der Waals surface area contributed by atoms with Gasteiger partial charge in [0.05, 0.1) is 6.42 Å². The molecule has 2 N–H and O–H groups in total. The molecule has 0 unspecified atom stereocenters. The SMILES string of the molecule is Cc1nc(-c2cccc(NC(=O)Cc3cccc(OCc4cccnc4)c3)c2)n[nH]1. The number of rotatable bonds is 7. The molecular formula is C23H21N5O2. The molecule has 150 valence electrons. The van der Waals surface area contributed by atoms with Gasteiger partial charge in [-0.3, -0.25) is 14.9 Å². The summed E-state index contributed by atoms with van der Waals surface area (Å²) < 4.78 is 5.81. The van der Waals surface area contributed by atoms with E-state index in [1.165, 1.54) is 0 Å². The molecule has 0 radical (unpaired) electrons. The van der Waals surface area contributed by atoms with E-state index in [0.717, 1.165) is 22.5 Å². The van der Waals surface area contributed by atoms with E-state index >= 15 is 0 Å². The number of aromatic nitrogens is 4. The maximum Gasteiger partial charge on any atom is 0.228 e. The normalized spacial score (nSPS) is 10.6. The summed E-state index contributed by atoms with van der Waals surface area (Å²) >= 11 is 0. The van der Waals surface area contributed by atoms with Crippen LogP contribution in [0.4, 0.5) is 5.69 Å². The van der Waals surface area contributed by atoms with E-state index in [1.54, 1.807) is 12.4 Å². The summed E-state index contributed by atoms with van der Waals surface area (Å²) in [5.41, 5.74) is 3.39. The number of aromatic amines is 1. The van der Waals surface area contributed by atoms with E-state index < -0.39 is 0 Å². The third-order valence-corrected chi connectivity index (χ3v) is 4.39. The molecule has 2 aromatic carbocycles. The average Bonchev–Trinajstić information content (AvgIpc) is 3.20. The number of nitrogens with zero attached hydrogens (tertiary/aromatic N) is 3. The van der Waals surface area contributed by atoms with Crippen LogP contribution in [-0.2, 0) is 17.8 Å². The fraction of sp³-hybridized carbons (Fsp3) is 0.130. The van der Waals surface area contributed by atoms with Crippen LogP contribution in [0.3, 0.4) is 0 Å². The second kappa shape index (κ2) is 9.00. The Hall–Kier alpha value is -4.00. The number of ether oxygens (including phenoxy) is 1. The second-order valence-corrected chi connectivity index (χ2v) is 6.85. The zero-order valence-corrected chi connectivity index (χ0v) is 16.5. The average molecular weight is 399 g/mol. The quantitative estimate of drug-likeness (QED) is 0.491. The highest BCUT2D eigenvalue weighted by molar-refractivity contribution is 5.92. The number of benzene rings is 2. The lowest BCUT2D eigenvalue weighted by molar-refractivity contribution is -0.115. The van der Waals surface area contributed by atoms with Crippen LogP contribution in [0, 0.1) is 6.92 Å². The van der Waals surface area contributed by atoms with Crippen LogP contribution in [0.15, 0.2) is 73.1 Å². The molecule has 0 aliphatic rings. The van der Waals surface area contributed by atoms with Crippen LogP contribution in [-0.4, -0.2) is 26.1 Å². The first kappa shape index (κ1) is 19.3. The molecule has 7 nitrogen and oxygen atoms in total. The molecule has 0 atom stereocenters. The maximum atomic E-state index is 12.5. The number of H-pyrrole nitrogens is 1. The van der Waals surface area contributed by atoms with Gasteiger partial charge in [-0.25, -0.2) is 4.98 Å². The van der Waals surface area contributed by atoms with Gasteiger partial charge in [-0.15, -0.1) is 0 Å². The van der Waals surface area contributed by atoms with E-state index in [1.807, 2.05) is 67.6 Å². The van der Waals surface area contributed by atoms with Crippen LogP contribution < -0.4 is 10.1 Å². The number of carbonyl (C=O) groups is 1. The van der Waals surface area contributed by atoms with Crippen molar-refractivity contribution in [2.45, 2.75) is 20.0 Å². The number of pyridine rings is 1. The molecule has 2 aromatic heterocycles. The largest absolute Gasteiger partial charge is 0.489 e. The topological polar surface area (TPSA) is 92.8 Å². The molecule has 0 saturated heterocycles. The molecular weight excluding hydrogens is 378 g/mol. The van der Waals surface area contributed by atoms with Crippen LogP contribution >= 0.6 is 0 Å². The Balaban J connectivity index is 1.37. The van der Waals surface area contributed by atoms with Gasteiger partial charge in [-0.2, -0.15) is 5.10 Å². The van der Waals surface area contributed by atoms with Gasteiger partial charge in [-0.1, -0.05) is 30.3 Å². The van der Waals surface area contributed by atoms with E-state index in [9.17, 15) is 4.79 Å². The highest BCUT2D eigenvalue weighted by atomic mass is 16.5. The van der Waals surface area contributed by atoms with Gasteiger partial charge in [-0.05, 0) is 42.8 Å². The fourth-order valence-electron chi connectivity index (χ4n) is 2.99. The number of anilines is 1. The monoisotopic (exact) mass is 399 g/mol. The Labute approximate surface area is 174 Å². The molecule has 30 heavy (non-hydrogen) atoms. The molecule has 0 spiro atoms. The highest BCUT2D eigenvalue weighted by Crippen LogP contribution is 2.20. The number of hydrogen-bond acceptors (Lipinski definition) is 5. The summed E-state index contributed by atoms with van der Waals surface area (Å²) in [4.78, 5) is 20.9. The predicted molar refractivity (Wildman–Crippen MR) is 114 cm³/mol. The summed E-state index contributed by atoms with van der Waals surface area (Å²) in [6.07, 6.45) is 3.74. The first-order valence-corrected chi connectivity index (χ1v) is 9.56. The molecule has 2 heterocycles. The predicted octanol–water partition coefficient (Wildman–Crippen LogP) is 3.94. The van der Waals surface area contributed by atoms with Crippen molar-refractivity contribution >= 4 is 11.6 Å². The molecule has 0 fully saturated rings. The number of carbonyl (C=O) groups excluding carboxylic acids is 1. The molecule has 0 bridgehead atoms. The van der Waals surface area contributed by atoms with Crippen molar-refractivity contribution in [1.82, 2.24) is 20.2 Å². The minimum Gasteiger partial charge on any atom is -0.489 e. The zero-order valence-electron chi connectivity index (χ0n) is 16.5. The Bertz CT molecular complexity index is 1140. The van der Waals surface area contributed by atoms with Gasteiger partial charge in [0.2, 0.25) is 5.91 Å². The Morgan fingerprint density at radius 2 is 1.93 bits per heavy atom. The number of nitrogens with one attached hydrogen (secondary N) is 2. The molecule has 0 saturated carbocycles. The zero-order chi connectivity index (χ0) is 20.8. The first-order valence-electron chi connectivity index (χ1n) is 9.56. The fourth-order valence-corrected chi connectivity index (χ4v) is 2.99. The van der Waals surface area contributed by atoms with E-state index in [2.05, 4.69) is 25.5 Å². The molecule has 4 aromatic rings. The minimum atomic E-state index is -0.109. The smallest absolute Gasteiger partial charge is 0.228 e. The lowest BCUT2D eigenvalue weighted by atomic mass is 10.1. The second-order valence-electron chi connectivity index (χ2n) is 6.85. The Morgan fingerprint density at radius 3 is 2.73 bits per heavy atom. The third-order valence-electron chi connectivity index (χ3n) is 4.39. The minimum absolute atomic E-state index is 0.109. The molecule has 7 heteroatoms. The molecule has 0 aliphatic heterocycles. The number of hydrogen-bond donors (Lipinski definition) is 2. The van der Waals surface area contributed by atoms with Gasteiger partial charge in [0.25, 0.3) is 0 Å². The van der Waals surface area contributed by atoms with E-state index in [4.69, 9.17) is 4.74 Å². The van der Waals surface area contributed by atoms with Crippen molar-refractivity contribution in [3.05, 3.63) is 90.0 Å². The lowest BCUT2D eigenvalue weighted by Gasteiger charge is -2.09. The molecule has 4 rings (SSSR count). The maximum absolute atomic E-state index is 12.5. The van der Waals surface area contributed by atoms with Crippen LogP contribution in [0.1, 0.15) is 17.0 Å². The van der Waals surface area contributed by atoms with Crippen molar-refractivity contribution in [2.24, 2.45) is 0 Å². The van der Waals surface area contributed by atoms with Crippen molar-refractivity contribution in [1.29, 1.82) is 0 Å². The number of amides is 1. The van der Waals surface area contributed by atoms with Crippen molar-refractivity contribution in [2.75, 3.05) is 5.32 Å². The summed E-state index contributed by atoms with van der Waals surface area (Å²) in [5, 5.41) is 9.91. The van der Waals surface area contributed by atoms with Crippen LogP contribution in [0.5, 0.6) is 5.75 Å². The van der Waals surface area contributed by atoms with E-state index in [0.29, 0.717) is 23.9 Å². The van der Waals surface area contributed by atoms with Crippen molar-refractivity contribution in [3.8, 4) is 17.1 Å². The molecule has 0 aliphatic carbocycles. The summed E-state index contributed by atoms with van der Waals surface area (Å²) in [6.45, 7) is 2.27. The number of aryl methyl sites for hydroxylation is 1. The van der Waals surface area contributed by atoms with Crippen LogP contribution in [0.2, 0.25) is 0 Å². The van der Waals surface area contributed by atoms with E-state index in [-0.39, 0.29) is 12.3 Å². The van der Waals surface area contributed by atoms with Gasteiger partial charge in [0.15, 0.2) is 5.82 Å². The summed E-state index contributed by atoms with van der Waals surface area (Å²) in [5.74, 6) is 1.95. The first-order chi connectivity index (χ1) is 14.7. The Kier molecular flexibility index (Phi) is 5.80. The summed E-state index contributed by atoms with van der Waals surface area (Å²) in [6, 6.07) is 18.8. The van der Waals surface area contributed by atoms with Gasteiger partial charge < -0.3 is 10.1 Å².